The number of rotatable bonds is 1. The molecule has 0 aliphatic carbocycles. The second-order valence-corrected chi connectivity index (χ2v) is 4.99. The Morgan fingerprint density at radius 1 is 1.23 bits per heavy atom. The molecule has 2 nitrogen and oxygen atoms in total. The molecule has 0 spiro atoms. The maximum atomic E-state index is 4.52. The molecule has 0 bridgehead atoms. The molecule has 0 unspecified atom stereocenters. The first-order chi connectivity index (χ1) is 5.82. The molecule has 0 saturated carbocycles. The summed E-state index contributed by atoms with van der Waals surface area (Å²) in [5.41, 5.74) is 2.57. The van der Waals surface area contributed by atoms with Crippen molar-refractivity contribution in [1.82, 2.24) is 9.97 Å². The SMILES string of the molecule is Cc1nc(C(C)C)[nH]c1C(C)(C)C. The van der Waals surface area contributed by atoms with E-state index in [1.807, 2.05) is 0 Å². The van der Waals surface area contributed by atoms with Gasteiger partial charge in [0.25, 0.3) is 0 Å². The van der Waals surface area contributed by atoms with Crippen LogP contribution in [0.4, 0.5) is 0 Å². The number of aromatic nitrogens is 2. The molecule has 74 valence electrons. The smallest absolute Gasteiger partial charge is 0.109 e. The van der Waals surface area contributed by atoms with Gasteiger partial charge in [-0.05, 0) is 6.92 Å². The Hall–Kier alpha value is -0.790. The van der Waals surface area contributed by atoms with Crippen molar-refractivity contribution in [2.45, 2.75) is 52.9 Å². The van der Waals surface area contributed by atoms with Crippen LogP contribution >= 0.6 is 0 Å². The van der Waals surface area contributed by atoms with Crippen molar-refractivity contribution in [3.8, 4) is 0 Å². The van der Waals surface area contributed by atoms with Gasteiger partial charge in [0.15, 0.2) is 0 Å². The van der Waals surface area contributed by atoms with Gasteiger partial charge >= 0.3 is 0 Å². The third-order valence-electron chi connectivity index (χ3n) is 2.20. The first-order valence-electron chi connectivity index (χ1n) is 4.89. The minimum Gasteiger partial charge on any atom is -0.345 e. The van der Waals surface area contributed by atoms with Gasteiger partial charge in [-0.1, -0.05) is 34.6 Å². The Bertz CT molecular complexity index is 290. The molecule has 0 saturated heterocycles. The van der Waals surface area contributed by atoms with E-state index in [1.54, 1.807) is 0 Å². The molecule has 1 N–H and O–H groups in total. The zero-order chi connectivity index (χ0) is 10.2. The summed E-state index contributed by atoms with van der Waals surface area (Å²) in [5, 5.41) is 0. The third-order valence-corrected chi connectivity index (χ3v) is 2.20. The van der Waals surface area contributed by atoms with Gasteiger partial charge in [-0.15, -0.1) is 0 Å². The molecule has 0 aliphatic heterocycles. The van der Waals surface area contributed by atoms with Crippen LogP contribution in [0.1, 0.15) is 57.7 Å². The standard InChI is InChI=1S/C11H20N2/c1-7(2)10-12-8(3)9(13-10)11(4,5)6/h7H,1-6H3,(H,12,13). The van der Waals surface area contributed by atoms with Crippen LogP contribution in [0.5, 0.6) is 0 Å². The molecule has 1 heterocycles. The van der Waals surface area contributed by atoms with Gasteiger partial charge in [-0.25, -0.2) is 4.98 Å². The van der Waals surface area contributed by atoms with Crippen LogP contribution < -0.4 is 0 Å². The fourth-order valence-electron chi connectivity index (χ4n) is 1.49. The van der Waals surface area contributed by atoms with Crippen molar-refractivity contribution in [2.75, 3.05) is 0 Å². The Balaban J connectivity index is 3.11. The van der Waals surface area contributed by atoms with E-state index in [2.05, 4.69) is 51.5 Å². The molecule has 1 rings (SSSR count). The zero-order valence-corrected chi connectivity index (χ0v) is 9.52. The summed E-state index contributed by atoms with van der Waals surface area (Å²) in [4.78, 5) is 7.93. The van der Waals surface area contributed by atoms with E-state index in [1.165, 1.54) is 5.69 Å². The highest BCUT2D eigenvalue weighted by Gasteiger charge is 2.20. The maximum absolute atomic E-state index is 4.52. The molecular weight excluding hydrogens is 160 g/mol. The average Bonchev–Trinajstić information content (AvgIpc) is 2.29. The lowest BCUT2D eigenvalue weighted by Gasteiger charge is -2.17. The largest absolute Gasteiger partial charge is 0.345 e. The van der Waals surface area contributed by atoms with Crippen LogP contribution in [0.25, 0.3) is 0 Å². The minimum atomic E-state index is 0.171. The van der Waals surface area contributed by atoms with E-state index < -0.39 is 0 Å². The number of hydrogen-bond acceptors (Lipinski definition) is 1. The number of nitrogens with zero attached hydrogens (tertiary/aromatic N) is 1. The lowest BCUT2D eigenvalue weighted by Crippen LogP contribution is -2.13. The van der Waals surface area contributed by atoms with Crippen LogP contribution in [-0.2, 0) is 5.41 Å². The van der Waals surface area contributed by atoms with Crippen LogP contribution in [0, 0.1) is 6.92 Å². The summed E-state index contributed by atoms with van der Waals surface area (Å²) < 4.78 is 0. The van der Waals surface area contributed by atoms with Crippen molar-refractivity contribution >= 4 is 0 Å². The lowest BCUT2D eigenvalue weighted by atomic mass is 9.91. The van der Waals surface area contributed by atoms with Crippen molar-refractivity contribution in [1.29, 1.82) is 0 Å². The highest BCUT2D eigenvalue weighted by molar-refractivity contribution is 5.21. The van der Waals surface area contributed by atoms with Crippen LogP contribution in [-0.4, -0.2) is 9.97 Å². The summed E-state index contributed by atoms with van der Waals surface area (Å²) in [6, 6.07) is 0. The van der Waals surface area contributed by atoms with Gasteiger partial charge in [-0.3, -0.25) is 0 Å². The number of nitrogens with one attached hydrogen (secondary N) is 1. The summed E-state index contributed by atoms with van der Waals surface area (Å²) in [7, 11) is 0. The Morgan fingerprint density at radius 3 is 2.00 bits per heavy atom. The molecule has 0 atom stereocenters. The molecule has 2 heteroatoms. The van der Waals surface area contributed by atoms with Gasteiger partial charge in [0.05, 0.1) is 5.69 Å². The minimum absolute atomic E-state index is 0.171. The lowest BCUT2D eigenvalue weighted by molar-refractivity contribution is 0.565. The molecule has 1 aromatic heterocycles. The first-order valence-corrected chi connectivity index (χ1v) is 4.89. The molecule has 0 aliphatic rings. The summed E-state index contributed by atoms with van der Waals surface area (Å²) in [6.45, 7) is 13.0. The van der Waals surface area contributed by atoms with Gasteiger partial charge in [0, 0.05) is 17.0 Å². The number of hydrogen-bond donors (Lipinski definition) is 1. The van der Waals surface area contributed by atoms with Crippen LogP contribution in [0.2, 0.25) is 0 Å². The van der Waals surface area contributed by atoms with E-state index in [9.17, 15) is 0 Å². The number of aromatic amines is 1. The van der Waals surface area contributed by atoms with Gasteiger partial charge in [0.2, 0.25) is 0 Å². The van der Waals surface area contributed by atoms with Gasteiger partial charge < -0.3 is 4.98 Å². The topological polar surface area (TPSA) is 28.7 Å². The van der Waals surface area contributed by atoms with E-state index in [-0.39, 0.29) is 5.41 Å². The highest BCUT2D eigenvalue weighted by Crippen LogP contribution is 2.25. The predicted molar refractivity (Wildman–Crippen MR) is 56.1 cm³/mol. The maximum Gasteiger partial charge on any atom is 0.109 e. The normalized spacial score (nSPS) is 12.5. The fourth-order valence-corrected chi connectivity index (χ4v) is 1.49. The molecular formula is C11H20N2. The molecule has 0 fully saturated rings. The summed E-state index contributed by atoms with van der Waals surface area (Å²) in [5.74, 6) is 1.58. The summed E-state index contributed by atoms with van der Waals surface area (Å²) >= 11 is 0. The molecule has 0 radical (unpaired) electrons. The number of imidazole rings is 1. The molecule has 13 heavy (non-hydrogen) atoms. The predicted octanol–water partition coefficient (Wildman–Crippen LogP) is 3.14. The van der Waals surface area contributed by atoms with E-state index in [0.29, 0.717) is 5.92 Å². The quantitative estimate of drug-likeness (QED) is 0.706. The van der Waals surface area contributed by atoms with E-state index in [0.717, 1.165) is 11.5 Å². The van der Waals surface area contributed by atoms with Crippen molar-refractivity contribution in [3.05, 3.63) is 17.2 Å². The zero-order valence-electron chi connectivity index (χ0n) is 9.52. The second-order valence-electron chi connectivity index (χ2n) is 4.99. The van der Waals surface area contributed by atoms with Crippen molar-refractivity contribution in [2.24, 2.45) is 0 Å². The van der Waals surface area contributed by atoms with E-state index in [4.69, 9.17) is 0 Å². The number of aryl methyl sites for hydroxylation is 1. The van der Waals surface area contributed by atoms with Gasteiger partial charge in [-0.2, -0.15) is 0 Å². The first kappa shape index (κ1) is 10.3. The monoisotopic (exact) mass is 180 g/mol. The highest BCUT2D eigenvalue weighted by atomic mass is 14.9. The van der Waals surface area contributed by atoms with Gasteiger partial charge in [0.1, 0.15) is 5.82 Å². The number of H-pyrrole nitrogens is 1. The average molecular weight is 180 g/mol. The van der Waals surface area contributed by atoms with Crippen LogP contribution in [0.15, 0.2) is 0 Å². The van der Waals surface area contributed by atoms with Crippen molar-refractivity contribution < 1.29 is 0 Å². The molecule has 1 aromatic rings. The molecule has 0 amide bonds. The van der Waals surface area contributed by atoms with E-state index >= 15 is 0 Å². The molecule has 0 aromatic carbocycles. The Kier molecular flexibility index (Phi) is 2.51. The van der Waals surface area contributed by atoms with Crippen molar-refractivity contribution in [3.63, 3.8) is 0 Å². The summed E-state index contributed by atoms with van der Waals surface area (Å²) in [6.07, 6.45) is 0. The second kappa shape index (κ2) is 3.17. The van der Waals surface area contributed by atoms with Crippen LogP contribution in [0.3, 0.4) is 0 Å². The third kappa shape index (κ3) is 2.11. The fraction of sp³-hybridized carbons (Fsp3) is 0.727. The Labute approximate surface area is 80.8 Å². The Morgan fingerprint density at radius 2 is 1.77 bits per heavy atom.